The van der Waals surface area contributed by atoms with Gasteiger partial charge in [-0.05, 0) is 37.1 Å². The van der Waals surface area contributed by atoms with Gasteiger partial charge >= 0.3 is 0 Å². The van der Waals surface area contributed by atoms with E-state index in [2.05, 4.69) is 30.4 Å². The molecule has 1 aliphatic rings. The molecule has 3 heterocycles. The van der Waals surface area contributed by atoms with Crippen molar-refractivity contribution in [1.29, 1.82) is 0 Å². The van der Waals surface area contributed by atoms with Crippen molar-refractivity contribution in [3.05, 3.63) is 64.8 Å². The van der Waals surface area contributed by atoms with E-state index in [-0.39, 0.29) is 11.3 Å². The topological polar surface area (TPSA) is 104 Å². The number of hydrogen-bond donors (Lipinski definition) is 2. The number of carbonyl (C=O) groups is 1. The first-order valence-corrected chi connectivity index (χ1v) is 8.74. The van der Waals surface area contributed by atoms with Crippen LogP contribution >= 0.6 is 0 Å². The summed E-state index contributed by atoms with van der Waals surface area (Å²) in [4.78, 5) is 31.9. The fourth-order valence-corrected chi connectivity index (χ4v) is 3.01. The second kappa shape index (κ2) is 7.36. The maximum Gasteiger partial charge on any atom is 0.274 e. The number of aromatic nitrogens is 4. The quantitative estimate of drug-likeness (QED) is 0.736. The van der Waals surface area contributed by atoms with Crippen molar-refractivity contribution in [2.24, 2.45) is 0 Å². The van der Waals surface area contributed by atoms with E-state index in [0.29, 0.717) is 5.69 Å². The Balaban J connectivity index is 1.45. The van der Waals surface area contributed by atoms with E-state index in [0.717, 1.165) is 36.2 Å². The number of aromatic amines is 1. The van der Waals surface area contributed by atoms with Crippen molar-refractivity contribution in [2.45, 2.75) is 12.8 Å². The van der Waals surface area contributed by atoms with Gasteiger partial charge in [0.25, 0.3) is 11.5 Å². The molecule has 0 bridgehead atoms. The molecule has 0 spiro atoms. The van der Waals surface area contributed by atoms with Crippen LogP contribution in [0.5, 0.6) is 0 Å². The van der Waals surface area contributed by atoms with E-state index in [4.69, 9.17) is 0 Å². The molecule has 27 heavy (non-hydrogen) atoms. The number of amides is 1. The Morgan fingerprint density at radius 2 is 1.81 bits per heavy atom. The van der Waals surface area contributed by atoms with Crippen LogP contribution in [0.15, 0.2) is 53.6 Å². The summed E-state index contributed by atoms with van der Waals surface area (Å²) >= 11 is 0. The summed E-state index contributed by atoms with van der Waals surface area (Å²) in [6.45, 7) is 2.06. The smallest absolute Gasteiger partial charge is 0.274 e. The van der Waals surface area contributed by atoms with Crippen LogP contribution in [0.1, 0.15) is 23.3 Å². The van der Waals surface area contributed by atoms with E-state index in [9.17, 15) is 9.59 Å². The first-order chi connectivity index (χ1) is 13.2. The molecule has 1 saturated heterocycles. The molecule has 4 rings (SSSR count). The Bertz CT molecular complexity index is 992. The number of anilines is 2. The van der Waals surface area contributed by atoms with Crippen LogP contribution in [0.25, 0.3) is 11.3 Å². The van der Waals surface area contributed by atoms with Crippen LogP contribution in [0.2, 0.25) is 0 Å². The highest BCUT2D eigenvalue weighted by molar-refractivity contribution is 6.02. The SMILES string of the molecule is O=C(Nc1ccc(-c2ccc(N3CCCC3)nn2)cc1)c1cc(=O)[nH]cn1. The van der Waals surface area contributed by atoms with Gasteiger partial charge in [-0.15, -0.1) is 10.2 Å². The molecule has 8 nitrogen and oxygen atoms in total. The first-order valence-electron chi connectivity index (χ1n) is 8.74. The average molecular weight is 362 g/mol. The van der Waals surface area contributed by atoms with Gasteiger partial charge in [0.15, 0.2) is 5.82 Å². The third-order valence-electron chi connectivity index (χ3n) is 4.43. The lowest BCUT2D eigenvalue weighted by atomic mass is 10.1. The number of benzene rings is 1. The molecular formula is C19H18N6O2. The van der Waals surface area contributed by atoms with Gasteiger partial charge in [0.05, 0.1) is 12.0 Å². The van der Waals surface area contributed by atoms with Crippen LogP contribution < -0.4 is 15.8 Å². The summed E-state index contributed by atoms with van der Waals surface area (Å²) < 4.78 is 0. The van der Waals surface area contributed by atoms with Gasteiger partial charge < -0.3 is 15.2 Å². The number of rotatable bonds is 4. The minimum atomic E-state index is -0.441. The summed E-state index contributed by atoms with van der Waals surface area (Å²) in [5.74, 6) is 0.467. The minimum Gasteiger partial charge on any atom is -0.355 e. The first kappa shape index (κ1) is 16.9. The van der Waals surface area contributed by atoms with E-state index >= 15 is 0 Å². The van der Waals surface area contributed by atoms with Gasteiger partial charge in [-0.1, -0.05) is 12.1 Å². The van der Waals surface area contributed by atoms with Crippen LogP contribution in [0, 0.1) is 0 Å². The number of H-pyrrole nitrogens is 1. The normalized spacial score (nSPS) is 13.6. The Labute approximate surface area is 155 Å². The zero-order valence-corrected chi connectivity index (χ0v) is 14.6. The second-order valence-corrected chi connectivity index (χ2v) is 6.30. The maximum atomic E-state index is 12.1. The molecule has 1 amide bonds. The van der Waals surface area contributed by atoms with Gasteiger partial charge in [-0.25, -0.2) is 4.98 Å². The summed E-state index contributed by atoms with van der Waals surface area (Å²) in [7, 11) is 0. The Morgan fingerprint density at radius 1 is 1.04 bits per heavy atom. The Hall–Kier alpha value is -3.55. The third kappa shape index (κ3) is 3.84. The fraction of sp³-hybridized carbons (Fsp3) is 0.211. The van der Waals surface area contributed by atoms with E-state index < -0.39 is 5.91 Å². The van der Waals surface area contributed by atoms with Crippen LogP contribution in [0.3, 0.4) is 0 Å². The van der Waals surface area contributed by atoms with Crippen molar-refractivity contribution in [1.82, 2.24) is 20.2 Å². The van der Waals surface area contributed by atoms with E-state index in [1.807, 2.05) is 24.3 Å². The van der Waals surface area contributed by atoms with Gasteiger partial charge in [-0.2, -0.15) is 0 Å². The van der Waals surface area contributed by atoms with Crippen molar-refractivity contribution < 1.29 is 4.79 Å². The minimum absolute atomic E-state index is 0.0613. The second-order valence-electron chi connectivity index (χ2n) is 6.30. The van der Waals surface area contributed by atoms with Crippen molar-refractivity contribution in [3.63, 3.8) is 0 Å². The molecule has 1 aliphatic heterocycles. The highest BCUT2D eigenvalue weighted by Crippen LogP contribution is 2.22. The summed E-state index contributed by atoms with van der Waals surface area (Å²) in [6, 6.07) is 12.4. The predicted molar refractivity (Wildman–Crippen MR) is 102 cm³/mol. The average Bonchev–Trinajstić information content (AvgIpc) is 3.24. The van der Waals surface area contributed by atoms with Crippen LogP contribution in [0.4, 0.5) is 11.5 Å². The van der Waals surface area contributed by atoms with Gasteiger partial charge in [0.2, 0.25) is 0 Å². The summed E-state index contributed by atoms with van der Waals surface area (Å²) in [5, 5.41) is 11.3. The zero-order chi connectivity index (χ0) is 18.6. The molecule has 2 N–H and O–H groups in total. The lowest BCUT2D eigenvalue weighted by Crippen LogP contribution is -2.19. The molecule has 1 fully saturated rings. The number of carbonyl (C=O) groups excluding carboxylic acids is 1. The van der Waals surface area contributed by atoms with Crippen LogP contribution in [-0.4, -0.2) is 39.2 Å². The molecule has 1 aromatic carbocycles. The van der Waals surface area contributed by atoms with Gasteiger partial charge in [0.1, 0.15) is 5.69 Å². The molecule has 0 unspecified atom stereocenters. The van der Waals surface area contributed by atoms with Crippen molar-refractivity contribution >= 4 is 17.4 Å². The largest absolute Gasteiger partial charge is 0.355 e. The molecule has 136 valence electrons. The molecular weight excluding hydrogens is 344 g/mol. The molecule has 0 saturated carbocycles. The highest BCUT2D eigenvalue weighted by Gasteiger charge is 2.14. The Morgan fingerprint density at radius 3 is 2.48 bits per heavy atom. The molecule has 0 aliphatic carbocycles. The zero-order valence-electron chi connectivity index (χ0n) is 14.6. The predicted octanol–water partition coefficient (Wildman–Crippen LogP) is 2.08. The molecule has 0 radical (unpaired) electrons. The van der Waals surface area contributed by atoms with Crippen molar-refractivity contribution in [2.75, 3.05) is 23.3 Å². The van der Waals surface area contributed by atoms with Gasteiger partial charge in [0, 0.05) is 30.4 Å². The Kier molecular flexibility index (Phi) is 4.61. The lowest BCUT2D eigenvalue weighted by molar-refractivity contribution is 0.102. The molecule has 3 aromatic rings. The van der Waals surface area contributed by atoms with E-state index in [1.165, 1.54) is 19.2 Å². The third-order valence-corrected chi connectivity index (χ3v) is 4.43. The standard InChI is InChI=1S/C19H18N6O2/c26-18-11-16(20-12-21-18)19(27)22-14-5-3-13(4-6-14)15-7-8-17(24-23-15)25-9-1-2-10-25/h3-8,11-12H,1-2,9-10H2,(H,22,27)(H,20,21,26). The lowest BCUT2D eigenvalue weighted by Gasteiger charge is -2.15. The molecule has 0 atom stereocenters. The van der Waals surface area contributed by atoms with Crippen molar-refractivity contribution in [3.8, 4) is 11.3 Å². The monoisotopic (exact) mass is 362 g/mol. The molecule has 2 aromatic heterocycles. The highest BCUT2D eigenvalue weighted by atomic mass is 16.2. The number of nitrogens with zero attached hydrogens (tertiary/aromatic N) is 4. The molecule has 8 heteroatoms. The number of nitrogens with one attached hydrogen (secondary N) is 2. The number of hydrogen-bond acceptors (Lipinski definition) is 6. The summed E-state index contributed by atoms with van der Waals surface area (Å²) in [5.41, 5.74) is 1.97. The maximum absolute atomic E-state index is 12.1. The fourth-order valence-electron chi connectivity index (χ4n) is 3.01. The van der Waals surface area contributed by atoms with E-state index in [1.54, 1.807) is 12.1 Å². The van der Waals surface area contributed by atoms with Crippen LogP contribution in [-0.2, 0) is 0 Å². The summed E-state index contributed by atoms with van der Waals surface area (Å²) in [6.07, 6.45) is 3.60. The van der Waals surface area contributed by atoms with Gasteiger partial charge in [-0.3, -0.25) is 9.59 Å².